The van der Waals surface area contributed by atoms with Gasteiger partial charge in [-0.3, -0.25) is 4.99 Å². The highest BCUT2D eigenvalue weighted by Crippen LogP contribution is 2.36. The lowest BCUT2D eigenvalue weighted by Crippen LogP contribution is -2.01. The van der Waals surface area contributed by atoms with E-state index in [0.717, 1.165) is 9.37 Å². The van der Waals surface area contributed by atoms with Crippen LogP contribution in [0.25, 0.3) is 0 Å². The lowest BCUT2D eigenvalue weighted by atomic mass is 10.2. The number of halogens is 2. The van der Waals surface area contributed by atoms with Crippen molar-refractivity contribution in [3.63, 3.8) is 0 Å². The van der Waals surface area contributed by atoms with Crippen LogP contribution in [0.1, 0.15) is 16.1 Å². The molecule has 0 saturated carbocycles. The average Bonchev–Trinajstić information content (AvgIpc) is 3.01. The van der Waals surface area contributed by atoms with Crippen molar-refractivity contribution in [2.45, 2.75) is 9.99 Å². The first-order valence-electron chi connectivity index (χ1n) is 7.51. The second kappa shape index (κ2) is 8.58. The molecule has 0 amide bonds. The Bertz CT molecular complexity index is 954. The van der Waals surface area contributed by atoms with Gasteiger partial charge in [0.25, 0.3) is 0 Å². The van der Waals surface area contributed by atoms with Crippen LogP contribution in [0.4, 0.5) is 5.69 Å². The molecular formula is C19H13BrClNO3S. The lowest BCUT2D eigenvalue weighted by molar-refractivity contribution is 0.0601. The van der Waals surface area contributed by atoms with Crippen molar-refractivity contribution < 1.29 is 13.9 Å². The number of hydrogen-bond acceptors (Lipinski definition) is 5. The number of aliphatic imine (C=N–C) groups is 1. The van der Waals surface area contributed by atoms with E-state index >= 15 is 0 Å². The second-order valence-corrected chi connectivity index (χ2v) is 7.44. The first-order chi connectivity index (χ1) is 12.6. The molecule has 0 N–H and O–H groups in total. The molecule has 7 heteroatoms. The first kappa shape index (κ1) is 18.8. The Morgan fingerprint density at radius 3 is 2.69 bits per heavy atom. The van der Waals surface area contributed by atoms with Crippen molar-refractivity contribution in [2.75, 3.05) is 7.11 Å². The Morgan fingerprint density at radius 1 is 1.23 bits per heavy atom. The fourth-order valence-corrected chi connectivity index (χ4v) is 3.57. The standard InChI is InChI=1S/C19H13BrClNO3S/c1-24-18(23)15-4-2-3-5-17(15)22-11-13-10-16(20)19(25-13)26-14-8-6-12(21)7-9-14/h2-11H,1H3. The summed E-state index contributed by atoms with van der Waals surface area (Å²) in [4.78, 5) is 17.1. The highest BCUT2D eigenvalue weighted by Gasteiger charge is 2.12. The van der Waals surface area contributed by atoms with Gasteiger partial charge in [0.1, 0.15) is 5.76 Å². The second-order valence-electron chi connectivity index (χ2n) is 5.11. The molecule has 1 aromatic heterocycles. The molecule has 1 heterocycles. The van der Waals surface area contributed by atoms with Crippen molar-refractivity contribution in [3.05, 3.63) is 75.4 Å². The minimum absolute atomic E-state index is 0.396. The van der Waals surface area contributed by atoms with Gasteiger partial charge >= 0.3 is 5.97 Å². The Hall–Kier alpha value is -2.02. The number of para-hydroxylation sites is 1. The Balaban J connectivity index is 1.80. The molecule has 0 aliphatic heterocycles. The van der Waals surface area contributed by atoms with Crippen LogP contribution >= 0.6 is 39.3 Å². The lowest BCUT2D eigenvalue weighted by Gasteiger charge is -2.02. The van der Waals surface area contributed by atoms with E-state index in [4.69, 9.17) is 20.8 Å². The van der Waals surface area contributed by atoms with Crippen molar-refractivity contribution in [1.29, 1.82) is 0 Å². The number of nitrogens with zero attached hydrogens (tertiary/aromatic N) is 1. The van der Waals surface area contributed by atoms with Crippen molar-refractivity contribution in [3.8, 4) is 0 Å². The van der Waals surface area contributed by atoms with Gasteiger partial charge in [0, 0.05) is 16.0 Å². The fraction of sp³-hybridized carbons (Fsp3) is 0.0526. The number of esters is 1. The minimum atomic E-state index is -0.433. The van der Waals surface area contributed by atoms with Gasteiger partial charge in [0.05, 0.1) is 29.0 Å². The molecule has 0 aliphatic carbocycles. The summed E-state index contributed by atoms with van der Waals surface area (Å²) >= 11 is 10.9. The number of methoxy groups -OCH3 is 1. The van der Waals surface area contributed by atoms with Crippen LogP contribution in [-0.2, 0) is 4.74 Å². The van der Waals surface area contributed by atoms with Crippen LogP contribution < -0.4 is 0 Å². The number of ether oxygens (including phenoxy) is 1. The van der Waals surface area contributed by atoms with Crippen LogP contribution in [0.2, 0.25) is 5.02 Å². The van der Waals surface area contributed by atoms with Gasteiger partial charge in [-0.05, 0) is 52.3 Å². The first-order valence-corrected chi connectivity index (χ1v) is 9.49. The number of hydrogen-bond donors (Lipinski definition) is 0. The Morgan fingerprint density at radius 2 is 1.96 bits per heavy atom. The van der Waals surface area contributed by atoms with Crippen molar-refractivity contribution in [1.82, 2.24) is 0 Å². The van der Waals surface area contributed by atoms with Crippen LogP contribution in [0.15, 0.2) is 78.5 Å². The highest BCUT2D eigenvalue weighted by atomic mass is 79.9. The minimum Gasteiger partial charge on any atom is -0.465 e. The zero-order valence-electron chi connectivity index (χ0n) is 13.6. The van der Waals surface area contributed by atoms with Gasteiger partial charge in [0.2, 0.25) is 0 Å². The predicted molar refractivity (Wildman–Crippen MR) is 107 cm³/mol. The predicted octanol–water partition coefficient (Wildman–Crippen LogP) is 6.38. The van der Waals surface area contributed by atoms with Crippen LogP contribution in [0.3, 0.4) is 0 Å². The van der Waals surface area contributed by atoms with Crippen LogP contribution in [0, 0.1) is 0 Å². The van der Waals surface area contributed by atoms with Gasteiger partial charge < -0.3 is 9.15 Å². The van der Waals surface area contributed by atoms with Gasteiger partial charge in [-0.15, -0.1) is 0 Å². The van der Waals surface area contributed by atoms with Gasteiger partial charge in [-0.1, -0.05) is 35.5 Å². The quantitative estimate of drug-likeness (QED) is 0.334. The number of benzene rings is 2. The summed E-state index contributed by atoms with van der Waals surface area (Å²) in [5, 5.41) is 1.39. The summed E-state index contributed by atoms with van der Waals surface area (Å²) in [6, 6.07) is 16.3. The SMILES string of the molecule is COC(=O)c1ccccc1N=Cc1cc(Br)c(Sc2ccc(Cl)cc2)o1. The van der Waals surface area contributed by atoms with E-state index < -0.39 is 5.97 Å². The fourth-order valence-electron chi connectivity index (χ4n) is 2.11. The summed E-state index contributed by atoms with van der Waals surface area (Å²) in [7, 11) is 1.34. The number of carbonyl (C=O) groups excluding carboxylic acids is 1. The highest BCUT2D eigenvalue weighted by molar-refractivity contribution is 9.10. The molecule has 3 rings (SSSR count). The van der Waals surface area contributed by atoms with E-state index in [2.05, 4.69) is 20.9 Å². The molecule has 0 radical (unpaired) electrons. The normalized spacial score (nSPS) is 11.0. The zero-order valence-corrected chi connectivity index (χ0v) is 16.8. The molecule has 0 fully saturated rings. The molecule has 132 valence electrons. The molecule has 3 aromatic rings. The van der Waals surface area contributed by atoms with Crippen LogP contribution in [-0.4, -0.2) is 19.3 Å². The van der Waals surface area contributed by atoms with Crippen molar-refractivity contribution >= 4 is 57.2 Å². The van der Waals surface area contributed by atoms with E-state index in [0.29, 0.717) is 27.1 Å². The van der Waals surface area contributed by atoms with E-state index in [1.165, 1.54) is 18.9 Å². The number of furan rings is 1. The smallest absolute Gasteiger partial charge is 0.340 e. The average molecular weight is 451 g/mol. The maximum atomic E-state index is 11.8. The maximum absolute atomic E-state index is 11.8. The largest absolute Gasteiger partial charge is 0.465 e. The summed E-state index contributed by atoms with van der Waals surface area (Å²) in [5.41, 5.74) is 0.909. The Kier molecular flexibility index (Phi) is 6.19. The topological polar surface area (TPSA) is 51.8 Å². The van der Waals surface area contributed by atoms with Gasteiger partial charge in [-0.2, -0.15) is 0 Å². The third kappa shape index (κ3) is 4.58. The zero-order chi connectivity index (χ0) is 18.5. The summed E-state index contributed by atoms with van der Waals surface area (Å²) < 4.78 is 11.4. The molecule has 4 nitrogen and oxygen atoms in total. The third-order valence-electron chi connectivity index (χ3n) is 3.34. The third-order valence-corrected chi connectivity index (χ3v) is 5.44. The van der Waals surface area contributed by atoms with E-state index in [1.54, 1.807) is 30.5 Å². The molecule has 0 saturated heterocycles. The molecule has 26 heavy (non-hydrogen) atoms. The van der Waals surface area contributed by atoms with E-state index in [9.17, 15) is 4.79 Å². The maximum Gasteiger partial charge on any atom is 0.340 e. The van der Waals surface area contributed by atoms with Gasteiger partial charge in [0.15, 0.2) is 5.09 Å². The molecule has 0 bridgehead atoms. The summed E-state index contributed by atoms with van der Waals surface area (Å²) in [6.07, 6.45) is 1.57. The molecule has 0 atom stereocenters. The number of rotatable bonds is 5. The van der Waals surface area contributed by atoms with E-state index in [1.807, 2.05) is 30.3 Å². The molecular weight excluding hydrogens is 438 g/mol. The number of carbonyl (C=O) groups is 1. The van der Waals surface area contributed by atoms with Crippen LogP contribution in [0.5, 0.6) is 0 Å². The molecule has 2 aromatic carbocycles. The Labute approximate surface area is 168 Å². The summed E-state index contributed by atoms with van der Waals surface area (Å²) in [6.45, 7) is 0. The summed E-state index contributed by atoms with van der Waals surface area (Å²) in [5.74, 6) is 0.130. The molecule has 0 aliphatic rings. The monoisotopic (exact) mass is 449 g/mol. The van der Waals surface area contributed by atoms with Gasteiger partial charge in [-0.25, -0.2) is 4.79 Å². The molecule has 0 unspecified atom stereocenters. The van der Waals surface area contributed by atoms with Crippen molar-refractivity contribution in [2.24, 2.45) is 4.99 Å². The molecule has 0 spiro atoms. The van der Waals surface area contributed by atoms with E-state index in [-0.39, 0.29) is 0 Å².